The minimum absolute atomic E-state index is 0.326. The van der Waals surface area contributed by atoms with Gasteiger partial charge in [0.1, 0.15) is 0 Å². The highest BCUT2D eigenvalue weighted by atomic mass is 16.5. The quantitative estimate of drug-likeness (QED) is 0.708. The second-order valence-corrected chi connectivity index (χ2v) is 3.68. The van der Waals surface area contributed by atoms with Crippen LogP contribution >= 0.6 is 0 Å². The maximum absolute atomic E-state index is 11.4. The van der Waals surface area contributed by atoms with E-state index in [4.69, 9.17) is 10.00 Å². The van der Waals surface area contributed by atoms with E-state index in [-0.39, 0.29) is 5.97 Å². The predicted molar refractivity (Wildman–Crippen MR) is 56.3 cm³/mol. The Labute approximate surface area is 89.3 Å². The Morgan fingerprint density at radius 1 is 1.40 bits per heavy atom. The molecule has 0 saturated heterocycles. The first kappa shape index (κ1) is 11.3. The van der Waals surface area contributed by atoms with Crippen LogP contribution in [0.4, 0.5) is 0 Å². The Hall–Kier alpha value is -1.82. The molecule has 0 fully saturated rings. The van der Waals surface area contributed by atoms with Crippen LogP contribution in [0.3, 0.4) is 0 Å². The molecule has 0 unspecified atom stereocenters. The standard InChI is InChI=1S/C12H13NO2/c1-9(2)8-15-12(14)11-5-3-10(7-13)4-6-11/h3-6,9H,8H2,1-2H3. The molecular weight excluding hydrogens is 190 g/mol. The third kappa shape index (κ3) is 3.43. The van der Waals surface area contributed by atoms with Gasteiger partial charge in [-0.05, 0) is 30.2 Å². The molecule has 0 amide bonds. The highest BCUT2D eigenvalue weighted by Crippen LogP contribution is 2.06. The number of hydrogen-bond acceptors (Lipinski definition) is 3. The van der Waals surface area contributed by atoms with Crippen molar-refractivity contribution in [2.24, 2.45) is 5.92 Å². The largest absolute Gasteiger partial charge is 0.462 e. The van der Waals surface area contributed by atoms with Gasteiger partial charge in [0.05, 0.1) is 23.8 Å². The average Bonchev–Trinajstić information content (AvgIpc) is 2.26. The third-order valence-corrected chi connectivity index (χ3v) is 1.80. The highest BCUT2D eigenvalue weighted by molar-refractivity contribution is 5.89. The zero-order chi connectivity index (χ0) is 11.3. The van der Waals surface area contributed by atoms with E-state index in [0.29, 0.717) is 23.7 Å². The minimum atomic E-state index is -0.340. The van der Waals surface area contributed by atoms with Crippen molar-refractivity contribution in [1.82, 2.24) is 0 Å². The van der Waals surface area contributed by atoms with E-state index in [1.807, 2.05) is 19.9 Å². The van der Waals surface area contributed by atoms with Crippen LogP contribution in [0.15, 0.2) is 24.3 Å². The summed E-state index contributed by atoms with van der Waals surface area (Å²) in [4.78, 5) is 11.4. The van der Waals surface area contributed by atoms with Crippen molar-refractivity contribution >= 4 is 5.97 Å². The molecule has 0 aromatic heterocycles. The molecule has 0 atom stereocenters. The second-order valence-electron chi connectivity index (χ2n) is 3.68. The number of carbonyl (C=O) groups excluding carboxylic acids is 1. The van der Waals surface area contributed by atoms with Crippen molar-refractivity contribution < 1.29 is 9.53 Å². The van der Waals surface area contributed by atoms with Gasteiger partial charge in [-0.25, -0.2) is 4.79 Å². The lowest BCUT2D eigenvalue weighted by molar-refractivity contribution is 0.0459. The Morgan fingerprint density at radius 3 is 2.47 bits per heavy atom. The smallest absolute Gasteiger partial charge is 0.338 e. The van der Waals surface area contributed by atoms with E-state index in [1.54, 1.807) is 24.3 Å². The van der Waals surface area contributed by atoms with E-state index >= 15 is 0 Å². The molecule has 0 radical (unpaired) electrons. The van der Waals surface area contributed by atoms with E-state index in [9.17, 15) is 4.79 Å². The van der Waals surface area contributed by atoms with Crippen molar-refractivity contribution in [2.75, 3.05) is 6.61 Å². The Balaban J connectivity index is 2.63. The summed E-state index contributed by atoms with van der Waals surface area (Å²) in [5.41, 5.74) is 1.02. The number of ether oxygens (including phenoxy) is 1. The number of carbonyl (C=O) groups is 1. The van der Waals surface area contributed by atoms with Gasteiger partial charge in [-0.3, -0.25) is 0 Å². The zero-order valence-electron chi connectivity index (χ0n) is 8.86. The topological polar surface area (TPSA) is 50.1 Å². The van der Waals surface area contributed by atoms with Crippen molar-refractivity contribution in [3.63, 3.8) is 0 Å². The molecule has 1 rings (SSSR count). The van der Waals surface area contributed by atoms with Crippen molar-refractivity contribution in [2.45, 2.75) is 13.8 Å². The first-order valence-electron chi connectivity index (χ1n) is 4.80. The molecule has 0 bridgehead atoms. The van der Waals surface area contributed by atoms with E-state index < -0.39 is 0 Å². The normalized spacial score (nSPS) is 9.73. The first-order chi connectivity index (χ1) is 7.13. The first-order valence-corrected chi connectivity index (χ1v) is 4.80. The monoisotopic (exact) mass is 203 g/mol. The van der Waals surface area contributed by atoms with Crippen molar-refractivity contribution in [1.29, 1.82) is 5.26 Å². The van der Waals surface area contributed by atoms with Crippen LogP contribution in [0.2, 0.25) is 0 Å². The number of nitriles is 1. The molecule has 0 spiro atoms. The molecule has 0 aliphatic carbocycles. The summed E-state index contributed by atoms with van der Waals surface area (Å²) in [6.07, 6.45) is 0. The van der Waals surface area contributed by atoms with Gasteiger partial charge in [0.2, 0.25) is 0 Å². The van der Waals surface area contributed by atoms with E-state index in [0.717, 1.165) is 0 Å². The van der Waals surface area contributed by atoms with E-state index in [2.05, 4.69) is 0 Å². The number of esters is 1. The molecule has 1 aromatic rings. The summed E-state index contributed by atoms with van der Waals surface area (Å²) in [6, 6.07) is 8.39. The van der Waals surface area contributed by atoms with Gasteiger partial charge in [-0.1, -0.05) is 13.8 Å². The van der Waals surface area contributed by atoms with Gasteiger partial charge in [-0.15, -0.1) is 0 Å². The van der Waals surface area contributed by atoms with Gasteiger partial charge >= 0.3 is 5.97 Å². The van der Waals surface area contributed by atoms with Crippen LogP contribution in [-0.4, -0.2) is 12.6 Å². The lowest BCUT2D eigenvalue weighted by Crippen LogP contribution is -2.09. The van der Waals surface area contributed by atoms with Crippen LogP contribution in [0.1, 0.15) is 29.8 Å². The number of rotatable bonds is 3. The highest BCUT2D eigenvalue weighted by Gasteiger charge is 2.07. The summed E-state index contributed by atoms with van der Waals surface area (Å²) in [6.45, 7) is 4.37. The molecular formula is C12H13NO2. The molecule has 15 heavy (non-hydrogen) atoms. The zero-order valence-corrected chi connectivity index (χ0v) is 8.86. The van der Waals surface area contributed by atoms with Crippen LogP contribution in [0.25, 0.3) is 0 Å². The number of hydrogen-bond donors (Lipinski definition) is 0. The molecule has 78 valence electrons. The predicted octanol–water partition coefficient (Wildman–Crippen LogP) is 2.37. The SMILES string of the molecule is CC(C)COC(=O)c1ccc(C#N)cc1. The van der Waals surface area contributed by atoms with E-state index in [1.165, 1.54) is 0 Å². The lowest BCUT2D eigenvalue weighted by Gasteiger charge is -2.06. The molecule has 0 saturated carbocycles. The average molecular weight is 203 g/mol. The fourth-order valence-electron chi connectivity index (χ4n) is 1.01. The Kier molecular flexibility index (Phi) is 3.87. The maximum atomic E-state index is 11.4. The van der Waals surface area contributed by atoms with Gasteiger partial charge < -0.3 is 4.74 Å². The summed E-state index contributed by atoms with van der Waals surface area (Å²) in [7, 11) is 0. The molecule has 3 heteroatoms. The molecule has 0 aliphatic rings. The van der Waals surface area contributed by atoms with Crippen LogP contribution < -0.4 is 0 Å². The fourth-order valence-corrected chi connectivity index (χ4v) is 1.01. The summed E-state index contributed by atoms with van der Waals surface area (Å²) < 4.78 is 5.04. The van der Waals surface area contributed by atoms with Crippen molar-refractivity contribution in [3.8, 4) is 6.07 Å². The number of benzene rings is 1. The summed E-state index contributed by atoms with van der Waals surface area (Å²) in [5, 5.41) is 8.58. The maximum Gasteiger partial charge on any atom is 0.338 e. The van der Waals surface area contributed by atoms with Crippen LogP contribution in [-0.2, 0) is 4.74 Å². The lowest BCUT2D eigenvalue weighted by atomic mass is 10.1. The Morgan fingerprint density at radius 2 is 2.00 bits per heavy atom. The van der Waals surface area contributed by atoms with Crippen molar-refractivity contribution in [3.05, 3.63) is 35.4 Å². The Bertz CT molecular complexity index is 374. The number of nitrogens with zero attached hydrogens (tertiary/aromatic N) is 1. The summed E-state index contributed by atoms with van der Waals surface area (Å²) in [5.74, 6) is -0.0134. The minimum Gasteiger partial charge on any atom is -0.462 e. The molecule has 0 N–H and O–H groups in total. The fraction of sp³-hybridized carbons (Fsp3) is 0.333. The van der Waals surface area contributed by atoms with Gasteiger partial charge in [0.15, 0.2) is 0 Å². The van der Waals surface area contributed by atoms with Crippen LogP contribution in [0.5, 0.6) is 0 Å². The van der Waals surface area contributed by atoms with Gasteiger partial charge in [0.25, 0.3) is 0 Å². The third-order valence-electron chi connectivity index (χ3n) is 1.80. The molecule has 0 heterocycles. The summed E-state index contributed by atoms with van der Waals surface area (Å²) >= 11 is 0. The van der Waals surface area contributed by atoms with Gasteiger partial charge in [0, 0.05) is 0 Å². The second kappa shape index (κ2) is 5.16. The molecule has 0 aliphatic heterocycles. The van der Waals surface area contributed by atoms with Crippen LogP contribution in [0, 0.1) is 17.2 Å². The van der Waals surface area contributed by atoms with Gasteiger partial charge in [-0.2, -0.15) is 5.26 Å². The molecule has 3 nitrogen and oxygen atoms in total. The molecule has 1 aromatic carbocycles.